The Hall–Kier alpha value is -0.910. The second-order valence-corrected chi connectivity index (χ2v) is 7.34. The summed E-state index contributed by atoms with van der Waals surface area (Å²) >= 11 is 0. The summed E-state index contributed by atoms with van der Waals surface area (Å²) in [6.45, 7) is 3.14. The molecule has 1 unspecified atom stereocenters. The molecule has 0 spiro atoms. The molecule has 4 nitrogen and oxygen atoms in total. The van der Waals surface area contributed by atoms with Crippen LogP contribution in [0.3, 0.4) is 0 Å². The van der Waals surface area contributed by atoms with Crippen LogP contribution in [0, 0.1) is 0 Å². The SMILES string of the molecule is O=S1(=O)CCN(C2CNCc3ccccc32)CC1. The van der Waals surface area contributed by atoms with Gasteiger partial charge in [-0.3, -0.25) is 4.90 Å². The molecule has 0 amide bonds. The van der Waals surface area contributed by atoms with E-state index in [-0.39, 0.29) is 0 Å². The number of nitrogens with zero attached hydrogens (tertiary/aromatic N) is 1. The number of rotatable bonds is 1. The first-order valence-corrected chi connectivity index (χ1v) is 8.21. The van der Waals surface area contributed by atoms with Crippen LogP contribution >= 0.6 is 0 Å². The second-order valence-electron chi connectivity index (χ2n) is 5.03. The lowest BCUT2D eigenvalue weighted by molar-refractivity contribution is 0.200. The van der Waals surface area contributed by atoms with Crippen molar-refractivity contribution in [2.75, 3.05) is 31.1 Å². The minimum absolute atomic E-state index is 0.297. The van der Waals surface area contributed by atoms with Gasteiger partial charge in [-0.15, -0.1) is 0 Å². The van der Waals surface area contributed by atoms with Crippen LogP contribution in [0.1, 0.15) is 17.2 Å². The van der Waals surface area contributed by atoms with Crippen molar-refractivity contribution in [3.8, 4) is 0 Å². The van der Waals surface area contributed by atoms with Crippen LogP contribution in [-0.2, 0) is 16.4 Å². The number of hydrogen-bond donors (Lipinski definition) is 1. The number of nitrogens with one attached hydrogen (secondary N) is 1. The van der Waals surface area contributed by atoms with Crippen LogP contribution in [0.4, 0.5) is 0 Å². The quantitative estimate of drug-likeness (QED) is 0.807. The van der Waals surface area contributed by atoms with E-state index in [2.05, 4.69) is 34.5 Å². The standard InChI is InChI=1S/C13H18N2O2S/c16-18(17)7-5-15(6-8-18)13-10-14-9-11-3-1-2-4-12(11)13/h1-4,13-14H,5-10H2. The fraction of sp³-hybridized carbons (Fsp3) is 0.538. The van der Waals surface area contributed by atoms with Crippen molar-refractivity contribution in [1.82, 2.24) is 10.2 Å². The Morgan fingerprint density at radius 1 is 1.17 bits per heavy atom. The molecule has 1 atom stereocenters. The highest BCUT2D eigenvalue weighted by atomic mass is 32.2. The van der Waals surface area contributed by atoms with E-state index in [1.807, 2.05) is 0 Å². The Morgan fingerprint density at radius 2 is 1.89 bits per heavy atom. The summed E-state index contributed by atoms with van der Waals surface area (Å²) in [4.78, 5) is 2.30. The molecule has 2 heterocycles. The van der Waals surface area contributed by atoms with E-state index in [0.717, 1.165) is 13.1 Å². The molecular weight excluding hydrogens is 248 g/mol. The molecule has 1 N–H and O–H groups in total. The van der Waals surface area contributed by atoms with Crippen molar-refractivity contribution in [2.24, 2.45) is 0 Å². The first-order valence-electron chi connectivity index (χ1n) is 6.39. The van der Waals surface area contributed by atoms with E-state index in [1.165, 1.54) is 11.1 Å². The molecule has 3 rings (SSSR count). The maximum atomic E-state index is 11.5. The van der Waals surface area contributed by atoms with Crippen molar-refractivity contribution < 1.29 is 8.42 Å². The van der Waals surface area contributed by atoms with E-state index < -0.39 is 9.84 Å². The van der Waals surface area contributed by atoms with E-state index in [0.29, 0.717) is 30.6 Å². The van der Waals surface area contributed by atoms with Crippen molar-refractivity contribution >= 4 is 9.84 Å². The van der Waals surface area contributed by atoms with E-state index >= 15 is 0 Å². The summed E-state index contributed by atoms with van der Waals surface area (Å²) in [5, 5.41) is 3.42. The summed E-state index contributed by atoms with van der Waals surface area (Å²) in [6, 6.07) is 8.77. The molecule has 1 saturated heterocycles. The molecule has 2 aliphatic heterocycles. The second kappa shape index (κ2) is 4.64. The molecule has 0 aliphatic carbocycles. The molecular formula is C13H18N2O2S. The fourth-order valence-electron chi connectivity index (χ4n) is 2.84. The first-order chi connectivity index (χ1) is 8.66. The lowest BCUT2D eigenvalue weighted by atomic mass is 9.95. The van der Waals surface area contributed by atoms with Gasteiger partial charge in [-0.1, -0.05) is 24.3 Å². The van der Waals surface area contributed by atoms with Gasteiger partial charge >= 0.3 is 0 Å². The maximum Gasteiger partial charge on any atom is 0.152 e. The van der Waals surface area contributed by atoms with Crippen LogP contribution in [0.2, 0.25) is 0 Å². The third kappa shape index (κ3) is 2.30. The number of sulfone groups is 1. The van der Waals surface area contributed by atoms with Crippen molar-refractivity contribution in [2.45, 2.75) is 12.6 Å². The molecule has 0 aromatic heterocycles. The smallest absolute Gasteiger partial charge is 0.152 e. The average molecular weight is 266 g/mol. The normalized spacial score (nSPS) is 27.7. The van der Waals surface area contributed by atoms with Gasteiger partial charge in [0, 0.05) is 32.2 Å². The summed E-state index contributed by atoms with van der Waals surface area (Å²) in [5.74, 6) is 0.595. The average Bonchev–Trinajstić information content (AvgIpc) is 2.38. The van der Waals surface area contributed by atoms with E-state index in [1.54, 1.807) is 0 Å². The van der Waals surface area contributed by atoms with Crippen molar-refractivity contribution in [3.63, 3.8) is 0 Å². The predicted molar refractivity (Wildman–Crippen MR) is 71.1 cm³/mol. The Balaban J connectivity index is 1.82. The zero-order valence-electron chi connectivity index (χ0n) is 10.3. The van der Waals surface area contributed by atoms with Gasteiger partial charge in [-0.25, -0.2) is 8.42 Å². The monoisotopic (exact) mass is 266 g/mol. The zero-order valence-corrected chi connectivity index (χ0v) is 11.1. The molecule has 1 aromatic rings. The lowest BCUT2D eigenvalue weighted by Crippen LogP contribution is -2.46. The van der Waals surface area contributed by atoms with Crippen LogP contribution in [-0.4, -0.2) is 44.5 Å². The van der Waals surface area contributed by atoms with Crippen molar-refractivity contribution in [3.05, 3.63) is 35.4 Å². The highest BCUT2D eigenvalue weighted by molar-refractivity contribution is 7.91. The zero-order chi connectivity index (χ0) is 12.6. The lowest BCUT2D eigenvalue weighted by Gasteiger charge is -2.38. The molecule has 98 valence electrons. The molecule has 0 radical (unpaired) electrons. The van der Waals surface area contributed by atoms with Gasteiger partial charge in [-0.05, 0) is 11.1 Å². The van der Waals surface area contributed by atoms with Crippen LogP contribution < -0.4 is 5.32 Å². The minimum atomic E-state index is -2.79. The minimum Gasteiger partial charge on any atom is -0.311 e. The van der Waals surface area contributed by atoms with Gasteiger partial charge in [0.1, 0.15) is 0 Å². The Bertz CT molecular complexity index is 528. The largest absolute Gasteiger partial charge is 0.311 e. The molecule has 0 saturated carbocycles. The molecule has 18 heavy (non-hydrogen) atoms. The molecule has 1 fully saturated rings. The highest BCUT2D eigenvalue weighted by Crippen LogP contribution is 2.28. The van der Waals surface area contributed by atoms with Crippen LogP contribution in [0.5, 0.6) is 0 Å². The first kappa shape index (κ1) is 12.1. The number of hydrogen-bond acceptors (Lipinski definition) is 4. The topological polar surface area (TPSA) is 49.4 Å². The van der Waals surface area contributed by atoms with Gasteiger partial charge in [0.15, 0.2) is 9.84 Å². The summed E-state index contributed by atoms with van der Waals surface area (Å²) < 4.78 is 23.0. The maximum absolute atomic E-state index is 11.5. The Kier molecular flexibility index (Phi) is 3.13. The molecule has 2 aliphatic rings. The Morgan fingerprint density at radius 3 is 2.67 bits per heavy atom. The van der Waals surface area contributed by atoms with Gasteiger partial charge < -0.3 is 5.32 Å². The third-order valence-electron chi connectivity index (χ3n) is 3.89. The van der Waals surface area contributed by atoms with Gasteiger partial charge in [0.2, 0.25) is 0 Å². The van der Waals surface area contributed by atoms with Gasteiger partial charge in [0.05, 0.1) is 11.5 Å². The summed E-state index contributed by atoms with van der Waals surface area (Å²) in [5.41, 5.74) is 2.69. The van der Waals surface area contributed by atoms with Gasteiger partial charge in [-0.2, -0.15) is 0 Å². The number of fused-ring (bicyclic) bond motifs is 1. The molecule has 1 aromatic carbocycles. The molecule has 5 heteroatoms. The highest BCUT2D eigenvalue weighted by Gasteiger charge is 2.30. The summed E-state index contributed by atoms with van der Waals surface area (Å²) in [7, 11) is -2.79. The van der Waals surface area contributed by atoms with E-state index in [9.17, 15) is 8.42 Å². The van der Waals surface area contributed by atoms with Crippen molar-refractivity contribution in [1.29, 1.82) is 0 Å². The number of benzene rings is 1. The van der Waals surface area contributed by atoms with Crippen LogP contribution in [0.15, 0.2) is 24.3 Å². The fourth-order valence-corrected chi connectivity index (χ4v) is 4.07. The molecule has 0 bridgehead atoms. The third-order valence-corrected chi connectivity index (χ3v) is 5.50. The van der Waals surface area contributed by atoms with Crippen LogP contribution in [0.25, 0.3) is 0 Å². The summed E-state index contributed by atoms with van der Waals surface area (Å²) in [6.07, 6.45) is 0. The Labute approximate surface area is 108 Å². The van der Waals surface area contributed by atoms with Gasteiger partial charge in [0.25, 0.3) is 0 Å². The van der Waals surface area contributed by atoms with E-state index in [4.69, 9.17) is 0 Å². The predicted octanol–water partition coefficient (Wildman–Crippen LogP) is 0.561.